The molecule has 0 aliphatic carbocycles. The molecule has 0 heterocycles. The van der Waals surface area contributed by atoms with Crippen LogP contribution < -0.4 is 4.74 Å². The number of hydrogen-bond acceptors (Lipinski definition) is 2. The van der Waals surface area contributed by atoms with Crippen molar-refractivity contribution in [3.05, 3.63) is 84.9 Å². The van der Waals surface area contributed by atoms with Crippen LogP contribution in [0, 0.1) is 0 Å². The Hall–Kier alpha value is -1.41. The van der Waals surface area contributed by atoms with Crippen molar-refractivity contribution in [2.75, 3.05) is 6.61 Å². The second-order valence-electron chi connectivity index (χ2n) is 5.61. The molecule has 1 nitrogen and oxygen atoms in total. The largest absolute Gasteiger partial charge is 0.494 e. The van der Waals surface area contributed by atoms with Crippen molar-refractivity contribution in [3.63, 3.8) is 0 Å². The van der Waals surface area contributed by atoms with Gasteiger partial charge in [-0.2, -0.15) is 12.2 Å². The molecule has 3 aromatic rings. The lowest BCUT2D eigenvalue weighted by atomic mass is 10.3. The summed E-state index contributed by atoms with van der Waals surface area (Å²) in [7, 11) is 2.03. The molecule has 0 radical (unpaired) electrons. The standard InChI is InChI=1S/C22H23OS.H3PS/c1-2-3-18-23-19-14-16-22(17-15-19)24(20-10-6-4-7-11-20)21-12-8-5-9-13-21;1-2/h4-17H,2-3,18H2,1H3;2H,1H2/q+1;. The van der Waals surface area contributed by atoms with Crippen molar-refractivity contribution in [2.24, 2.45) is 0 Å². The summed E-state index contributed by atoms with van der Waals surface area (Å²) >= 11 is 3.44. The molecule has 0 spiro atoms. The van der Waals surface area contributed by atoms with E-state index < -0.39 is 0 Å². The van der Waals surface area contributed by atoms with E-state index >= 15 is 0 Å². The topological polar surface area (TPSA) is 9.23 Å². The van der Waals surface area contributed by atoms with E-state index in [9.17, 15) is 0 Å². The van der Waals surface area contributed by atoms with Crippen molar-refractivity contribution < 1.29 is 4.74 Å². The van der Waals surface area contributed by atoms with Gasteiger partial charge in [0.25, 0.3) is 0 Å². The van der Waals surface area contributed by atoms with Gasteiger partial charge in [-0.15, -0.1) is 0 Å². The zero-order valence-electron chi connectivity index (χ0n) is 15.0. The van der Waals surface area contributed by atoms with Gasteiger partial charge in [0.15, 0.2) is 14.7 Å². The molecular weight excluding hydrogens is 375 g/mol. The van der Waals surface area contributed by atoms with E-state index in [0.29, 0.717) is 0 Å². The first-order valence-corrected chi connectivity index (χ1v) is 12.0. The second kappa shape index (κ2) is 12.1. The first-order chi connectivity index (χ1) is 12.9. The maximum absolute atomic E-state index is 5.80. The van der Waals surface area contributed by atoms with Crippen molar-refractivity contribution in [3.8, 4) is 5.75 Å². The molecule has 3 aromatic carbocycles. The summed E-state index contributed by atoms with van der Waals surface area (Å²) in [4.78, 5) is 3.99. The predicted octanol–water partition coefficient (Wildman–Crippen LogP) is 6.67. The Morgan fingerprint density at radius 3 is 1.65 bits per heavy atom. The maximum Gasteiger partial charge on any atom is 0.166 e. The highest BCUT2D eigenvalue weighted by Gasteiger charge is 2.28. The van der Waals surface area contributed by atoms with Gasteiger partial charge in [0.2, 0.25) is 0 Å². The molecule has 0 fully saturated rings. The van der Waals surface area contributed by atoms with Gasteiger partial charge < -0.3 is 4.74 Å². The van der Waals surface area contributed by atoms with E-state index in [4.69, 9.17) is 4.74 Å². The van der Waals surface area contributed by atoms with Crippen LogP contribution >= 0.6 is 20.7 Å². The van der Waals surface area contributed by atoms with Gasteiger partial charge in [0, 0.05) is 0 Å². The maximum atomic E-state index is 5.80. The van der Waals surface area contributed by atoms with Crippen molar-refractivity contribution in [2.45, 2.75) is 34.5 Å². The third-order valence-electron chi connectivity index (χ3n) is 3.78. The van der Waals surface area contributed by atoms with Crippen molar-refractivity contribution in [1.29, 1.82) is 0 Å². The zero-order chi connectivity index (χ0) is 18.6. The average Bonchev–Trinajstić information content (AvgIpc) is 2.73. The third kappa shape index (κ3) is 6.09. The van der Waals surface area contributed by atoms with E-state index in [0.717, 1.165) is 25.2 Å². The van der Waals surface area contributed by atoms with Gasteiger partial charge >= 0.3 is 0 Å². The van der Waals surface area contributed by atoms with Crippen LogP contribution in [0.1, 0.15) is 19.8 Å². The van der Waals surface area contributed by atoms with E-state index in [1.165, 1.54) is 14.7 Å². The summed E-state index contributed by atoms with van der Waals surface area (Å²) in [6, 6.07) is 30.0. The molecular formula is C22H26OPS2+. The number of thiol groups is 1. The lowest BCUT2D eigenvalue weighted by molar-refractivity contribution is 0.309. The molecule has 0 N–H and O–H groups in total. The van der Waals surface area contributed by atoms with Crippen LogP contribution in [0.4, 0.5) is 0 Å². The highest BCUT2D eigenvalue weighted by atomic mass is 32.7. The fourth-order valence-corrected chi connectivity index (χ4v) is 4.61. The van der Waals surface area contributed by atoms with Crippen LogP contribution in [0.2, 0.25) is 0 Å². The van der Waals surface area contributed by atoms with E-state index in [1.54, 1.807) is 0 Å². The second-order valence-corrected chi connectivity index (χ2v) is 7.63. The van der Waals surface area contributed by atoms with Crippen LogP contribution in [0.15, 0.2) is 99.6 Å². The number of rotatable bonds is 7. The summed E-state index contributed by atoms with van der Waals surface area (Å²) in [5.41, 5.74) is 0. The fraction of sp³-hybridized carbons (Fsp3) is 0.182. The average molecular weight is 402 g/mol. The molecule has 1 atom stereocenters. The van der Waals surface area contributed by atoms with E-state index in [2.05, 4.69) is 113 Å². The quantitative estimate of drug-likeness (QED) is 0.201. The van der Waals surface area contributed by atoms with Crippen LogP contribution in [0.3, 0.4) is 0 Å². The summed E-state index contributed by atoms with van der Waals surface area (Å²) in [5.74, 6) is 0.955. The van der Waals surface area contributed by atoms with Gasteiger partial charge in [-0.1, -0.05) is 58.2 Å². The molecule has 0 aromatic heterocycles. The molecule has 0 bridgehead atoms. The lowest BCUT2D eigenvalue weighted by Gasteiger charge is -2.09. The minimum atomic E-state index is -0.0858. The molecule has 0 saturated carbocycles. The predicted molar refractivity (Wildman–Crippen MR) is 121 cm³/mol. The summed E-state index contributed by atoms with van der Waals surface area (Å²) in [5, 5.41) is 0. The van der Waals surface area contributed by atoms with Gasteiger partial charge in [0.1, 0.15) is 5.75 Å². The molecule has 0 aliphatic heterocycles. The number of benzene rings is 3. The number of unbranched alkanes of at least 4 members (excludes halogenated alkanes) is 1. The van der Waals surface area contributed by atoms with Crippen LogP contribution in [-0.2, 0) is 10.9 Å². The Labute approximate surface area is 167 Å². The van der Waals surface area contributed by atoms with Crippen molar-refractivity contribution >= 4 is 31.6 Å². The Morgan fingerprint density at radius 2 is 1.19 bits per heavy atom. The Bertz CT molecular complexity index is 694. The highest BCUT2D eigenvalue weighted by Crippen LogP contribution is 2.31. The molecule has 4 heteroatoms. The fourth-order valence-electron chi connectivity index (χ4n) is 2.53. The minimum Gasteiger partial charge on any atom is -0.494 e. The minimum absolute atomic E-state index is 0.0858. The van der Waals surface area contributed by atoms with Crippen molar-refractivity contribution in [1.82, 2.24) is 0 Å². The lowest BCUT2D eigenvalue weighted by Crippen LogP contribution is -2.04. The molecule has 0 amide bonds. The normalized spacial score (nSPS) is 10.2. The SMILES string of the molecule is CCCCOc1ccc([S+](c2ccccc2)c2ccccc2)cc1.PS. The number of ether oxygens (including phenoxy) is 1. The molecule has 1 unspecified atom stereocenters. The Kier molecular flexibility index (Phi) is 9.70. The molecule has 26 heavy (non-hydrogen) atoms. The van der Waals surface area contributed by atoms with Crippen LogP contribution in [0.25, 0.3) is 0 Å². The van der Waals surface area contributed by atoms with Crippen LogP contribution in [0.5, 0.6) is 5.75 Å². The first kappa shape index (κ1) is 20.9. The van der Waals surface area contributed by atoms with E-state index in [1.807, 2.05) is 0 Å². The van der Waals surface area contributed by atoms with Gasteiger partial charge in [0.05, 0.1) is 17.5 Å². The molecule has 0 saturated heterocycles. The summed E-state index contributed by atoms with van der Waals surface area (Å²) in [6.07, 6.45) is 2.25. The molecule has 136 valence electrons. The van der Waals surface area contributed by atoms with Crippen LogP contribution in [-0.4, -0.2) is 6.61 Å². The monoisotopic (exact) mass is 401 g/mol. The van der Waals surface area contributed by atoms with Gasteiger partial charge in [-0.05, 0) is 55.0 Å². The molecule has 3 rings (SSSR count). The first-order valence-electron chi connectivity index (χ1n) is 8.71. The van der Waals surface area contributed by atoms with Gasteiger partial charge in [-0.25, -0.2) is 0 Å². The third-order valence-corrected chi connectivity index (χ3v) is 6.01. The Balaban J connectivity index is 0.00000117. The number of hydrogen-bond donors (Lipinski definition) is 1. The summed E-state index contributed by atoms with van der Waals surface area (Å²) in [6.45, 7) is 2.97. The smallest absolute Gasteiger partial charge is 0.166 e. The zero-order valence-corrected chi connectivity index (χ0v) is 17.9. The summed E-state index contributed by atoms with van der Waals surface area (Å²) < 4.78 is 5.80. The molecule has 0 aliphatic rings. The Morgan fingerprint density at radius 1 is 0.731 bits per heavy atom. The highest BCUT2D eigenvalue weighted by molar-refractivity contribution is 8.31. The van der Waals surface area contributed by atoms with Gasteiger partial charge in [-0.3, -0.25) is 0 Å². The van der Waals surface area contributed by atoms with E-state index in [-0.39, 0.29) is 10.9 Å².